The topological polar surface area (TPSA) is 41.6 Å². The molecule has 1 aromatic heterocycles. The third-order valence-electron chi connectivity index (χ3n) is 5.09. The molecule has 0 atom stereocenters. The Bertz CT molecular complexity index is 766. The molecule has 1 saturated heterocycles. The minimum absolute atomic E-state index is 0.165. The lowest BCUT2D eigenvalue weighted by atomic mass is 9.82. The number of thiophene rings is 1. The first kappa shape index (κ1) is 16.1. The predicted molar refractivity (Wildman–Crippen MR) is 98.7 cm³/mol. The second-order valence-corrected chi connectivity index (χ2v) is 8.75. The summed E-state index contributed by atoms with van der Waals surface area (Å²) >= 11 is 5.11. The van der Waals surface area contributed by atoms with Crippen LogP contribution in [0.2, 0.25) is 0 Å². The van der Waals surface area contributed by atoms with E-state index in [1.54, 1.807) is 18.4 Å². The van der Waals surface area contributed by atoms with E-state index in [1.165, 1.54) is 5.56 Å². The molecule has 0 radical (unpaired) electrons. The van der Waals surface area contributed by atoms with Gasteiger partial charge in [0, 0.05) is 12.1 Å². The molecule has 2 aromatic rings. The Morgan fingerprint density at radius 1 is 1.29 bits per heavy atom. The van der Waals surface area contributed by atoms with Crippen molar-refractivity contribution in [3.63, 3.8) is 0 Å². The Morgan fingerprint density at radius 3 is 2.67 bits per heavy atom. The van der Waals surface area contributed by atoms with Crippen molar-refractivity contribution < 1.29 is 9.53 Å². The Labute approximate surface area is 153 Å². The van der Waals surface area contributed by atoms with E-state index in [0.29, 0.717) is 6.54 Å². The van der Waals surface area contributed by atoms with Gasteiger partial charge in [-0.1, -0.05) is 12.1 Å². The number of nitrogens with zero attached hydrogens (tertiary/aromatic N) is 1. The zero-order valence-corrected chi connectivity index (χ0v) is 15.9. The molecule has 0 saturated carbocycles. The minimum atomic E-state index is -0.167. The number of amides is 1. The number of piperidine rings is 1. The van der Waals surface area contributed by atoms with Crippen molar-refractivity contribution in [2.75, 3.05) is 20.2 Å². The minimum Gasteiger partial charge on any atom is -0.497 e. The van der Waals surface area contributed by atoms with E-state index in [4.69, 9.17) is 4.74 Å². The molecule has 4 nitrogen and oxygen atoms in total. The van der Waals surface area contributed by atoms with Crippen LogP contribution in [0.5, 0.6) is 5.75 Å². The van der Waals surface area contributed by atoms with Gasteiger partial charge in [0.25, 0.3) is 5.91 Å². The molecule has 2 aliphatic heterocycles. The summed E-state index contributed by atoms with van der Waals surface area (Å²) in [4.78, 5) is 16.1. The van der Waals surface area contributed by atoms with Gasteiger partial charge in [-0.15, -0.1) is 11.3 Å². The number of carbonyl (C=O) groups is 1. The number of hydrogen-bond donors (Lipinski definition) is 1. The number of fused-ring (bicyclic) bond motifs is 2. The van der Waals surface area contributed by atoms with E-state index in [9.17, 15) is 4.79 Å². The van der Waals surface area contributed by atoms with Gasteiger partial charge in [0.05, 0.1) is 21.3 Å². The fourth-order valence-corrected chi connectivity index (χ4v) is 5.49. The maximum absolute atomic E-state index is 13.1. The van der Waals surface area contributed by atoms with Crippen LogP contribution in [0, 0.1) is 0 Å². The highest BCUT2D eigenvalue weighted by Gasteiger charge is 2.51. The quantitative estimate of drug-likeness (QED) is 0.843. The van der Waals surface area contributed by atoms with Gasteiger partial charge in [-0.25, -0.2) is 0 Å². The van der Waals surface area contributed by atoms with Crippen molar-refractivity contribution in [1.29, 1.82) is 0 Å². The number of rotatable bonds is 3. The Kier molecular flexibility index (Phi) is 4.14. The molecule has 6 heteroatoms. The van der Waals surface area contributed by atoms with Gasteiger partial charge in [0.15, 0.2) is 0 Å². The van der Waals surface area contributed by atoms with Gasteiger partial charge in [-0.05, 0) is 65.6 Å². The van der Waals surface area contributed by atoms with Crippen LogP contribution in [0.1, 0.15) is 33.6 Å². The monoisotopic (exact) mass is 406 g/mol. The van der Waals surface area contributed by atoms with Crippen LogP contribution < -0.4 is 10.1 Å². The molecule has 24 heavy (non-hydrogen) atoms. The number of halogens is 1. The number of ether oxygens (including phenoxy) is 1. The SMILES string of the molecule is COc1ccc(CN2C(=O)c3sc(Br)cc3C23CCNCC3)cc1. The number of hydrogen-bond acceptors (Lipinski definition) is 4. The molecule has 1 fully saturated rings. The van der Waals surface area contributed by atoms with Crippen LogP contribution in [0.4, 0.5) is 0 Å². The standard InChI is InChI=1S/C18H19BrN2O2S/c1-23-13-4-2-12(3-5-13)11-21-17(22)16-14(10-15(19)24-16)18(21)6-8-20-9-7-18/h2-5,10,20H,6-9,11H2,1H3. The molecule has 3 heterocycles. The van der Waals surface area contributed by atoms with Gasteiger partial charge in [-0.2, -0.15) is 0 Å². The van der Waals surface area contributed by atoms with E-state index >= 15 is 0 Å². The van der Waals surface area contributed by atoms with E-state index < -0.39 is 0 Å². The smallest absolute Gasteiger partial charge is 0.265 e. The van der Waals surface area contributed by atoms with Crippen LogP contribution in [0.3, 0.4) is 0 Å². The first-order chi connectivity index (χ1) is 11.6. The Morgan fingerprint density at radius 2 is 2.00 bits per heavy atom. The number of methoxy groups -OCH3 is 1. The van der Waals surface area contributed by atoms with Crippen LogP contribution in [-0.2, 0) is 12.1 Å². The van der Waals surface area contributed by atoms with Crippen molar-refractivity contribution >= 4 is 33.2 Å². The molecule has 126 valence electrons. The van der Waals surface area contributed by atoms with E-state index in [0.717, 1.165) is 45.9 Å². The zero-order valence-electron chi connectivity index (χ0n) is 13.5. The lowest BCUT2D eigenvalue weighted by molar-refractivity contribution is 0.0413. The van der Waals surface area contributed by atoms with Crippen LogP contribution >= 0.6 is 27.3 Å². The molecule has 1 spiro atoms. The third kappa shape index (κ3) is 2.48. The normalized spacial score (nSPS) is 18.9. The van der Waals surface area contributed by atoms with Crippen LogP contribution in [0.15, 0.2) is 34.1 Å². The molecule has 1 aromatic carbocycles. The molecule has 1 amide bonds. The van der Waals surface area contributed by atoms with E-state index in [2.05, 4.69) is 32.2 Å². The van der Waals surface area contributed by atoms with Crippen LogP contribution in [-0.4, -0.2) is 31.0 Å². The maximum Gasteiger partial charge on any atom is 0.265 e. The van der Waals surface area contributed by atoms with E-state index in [1.807, 2.05) is 24.3 Å². The summed E-state index contributed by atoms with van der Waals surface area (Å²) in [7, 11) is 1.67. The summed E-state index contributed by atoms with van der Waals surface area (Å²) in [6, 6.07) is 10.2. The fourth-order valence-electron chi connectivity index (χ4n) is 3.84. The Balaban J connectivity index is 1.70. The van der Waals surface area contributed by atoms with Crippen molar-refractivity contribution in [1.82, 2.24) is 10.2 Å². The van der Waals surface area contributed by atoms with Crippen LogP contribution in [0.25, 0.3) is 0 Å². The first-order valence-electron chi connectivity index (χ1n) is 8.09. The summed E-state index contributed by atoms with van der Waals surface area (Å²) in [6.45, 7) is 2.53. The fraction of sp³-hybridized carbons (Fsp3) is 0.389. The Hall–Kier alpha value is -1.37. The summed E-state index contributed by atoms with van der Waals surface area (Å²) in [5.41, 5.74) is 2.18. The van der Waals surface area contributed by atoms with Gasteiger partial charge < -0.3 is 15.0 Å². The van der Waals surface area contributed by atoms with Crippen molar-refractivity contribution in [3.05, 3.63) is 50.1 Å². The first-order valence-corrected chi connectivity index (χ1v) is 9.70. The van der Waals surface area contributed by atoms with Gasteiger partial charge in [-0.3, -0.25) is 4.79 Å². The van der Waals surface area contributed by atoms with Crippen molar-refractivity contribution in [2.24, 2.45) is 0 Å². The molecular formula is C18H19BrN2O2S. The molecule has 0 bridgehead atoms. The largest absolute Gasteiger partial charge is 0.497 e. The number of benzene rings is 1. The summed E-state index contributed by atoms with van der Waals surface area (Å²) in [6.07, 6.45) is 1.93. The molecule has 2 aliphatic rings. The molecule has 0 unspecified atom stereocenters. The predicted octanol–water partition coefficient (Wildman–Crippen LogP) is 3.75. The molecular weight excluding hydrogens is 388 g/mol. The molecule has 4 rings (SSSR count). The highest BCUT2D eigenvalue weighted by atomic mass is 79.9. The summed E-state index contributed by atoms with van der Waals surface area (Å²) < 4.78 is 6.27. The average molecular weight is 407 g/mol. The highest BCUT2D eigenvalue weighted by molar-refractivity contribution is 9.11. The van der Waals surface area contributed by atoms with Crippen molar-refractivity contribution in [3.8, 4) is 5.75 Å². The average Bonchev–Trinajstić information content (AvgIpc) is 3.09. The van der Waals surface area contributed by atoms with Crippen molar-refractivity contribution in [2.45, 2.75) is 24.9 Å². The maximum atomic E-state index is 13.1. The molecule has 1 N–H and O–H groups in total. The number of carbonyl (C=O) groups excluding carboxylic acids is 1. The lowest BCUT2D eigenvalue weighted by Gasteiger charge is -2.42. The van der Waals surface area contributed by atoms with Gasteiger partial charge in [0.2, 0.25) is 0 Å². The van der Waals surface area contributed by atoms with E-state index in [-0.39, 0.29) is 11.4 Å². The summed E-state index contributed by atoms with van der Waals surface area (Å²) in [5.74, 6) is 1.00. The summed E-state index contributed by atoms with van der Waals surface area (Å²) in [5, 5.41) is 3.43. The highest BCUT2D eigenvalue weighted by Crippen LogP contribution is 2.49. The second-order valence-electron chi connectivity index (χ2n) is 6.31. The van der Waals surface area contributed by atoms with Gasteiger partial charge in [0.1, 0.15) is 5.75 Å². The zero-order chi connectivity index (χ0) is 16.7. The number of nitrogens with one attached hydrogen (secondary N) is 1. The third-order valence-corrected chi connectivity index (χ3v) is 6.72. The van der Waals surface area contributed by atoms with Gasteiger partial charge >= 0.3 is 0 Å². The molecule has 0 aliphatic carbocycles. The lowest BCUT2D eigenvalue weighted by Crippen LogP contribution is -2.50. The second kappa shape index (κ2) is 6.17.